The van der Waals surface area contributed by atoms with Crippen molar-refractivity contribution in [2.45, 2.75) is 12.3 Å². The molecule has 4 heteroatoms. The van der Waals surface area contributed by atoms with Crippen LogP contribution in [0.2, 0.25) is 0 Å². The summed E-state index contributed by atoms with van der Waals surface area (Å²) < 4.78 is 0. The van der Waals surface area contributed by atoms with Gasteiger partial charge in [0.2, 0.25) is 0 Å². The Morgan fingerprint density at radius 2 is 0.524 bits per heavy atom. The Hall–Kier alpha value is -3.57. The molecular weight excluding hydrogens is 568 g/mol. The minimum absolute atomic E-state index is 0. The average molecular weight is 606 g/mol. The quantitative estimate of drug-likeness (QED) is 0.156. The molecule has 212 valence electrons. The van der Waals surface area contributed by atoms with Crippen molar-refractivity contribution in [1.29, 1.82) is 0 Å². The third-order valence-electron chi connectivity index (χ3n) is 8.12. The molecule has 0 heterocycles. The normalized spacial score (nSPS) is 12.2. The SMILES string of the molecule is Cl.c1ccc(C[PH](N[PH](Cc2ccccc2)(c2ccccc2)c2ccccc2)(c2ccccc2)c2ccccc2)cc1. The second-order valence-electron chi connectivity index (χ2n) is 10.7. The van der Waals surface area contributed by atoms with Gasteiger partial charge >= 0.3 is 246 Å². The zero-order valence-corrected chi connectivity index (χ0v) is 26.5. The first kappa shape index (κ1) is 29.9. The Bertz CT molecular complexity index is 1430. The van der Waals surface area contributed by atoms with Crippen LogP contribution in [0.25, 0.3) is 0 Å². The second-order valence-corrected chi connectivity index (χ2v) is 18.4. The van der Waals surface area contributed by atoms with E-state index in [4.69, 9.17) is 4.86 Å². The molecule has 0 saturated heterocycles. The number of benzene rings is 6. The number of hydrogen-bond donors (Lipinski definition) is 1. The van der Waals surface area contributed by atoms with Gasteiger partial charge in [-0.1, -0.05) is 0 Å². The third kappa shape index (κ3) is 6.42. The second kappa shape index (κ2) is 14.1. The van der Waals surface area contributed by atoms with Gasteiger partial charge in [0, 0.05) is 0 Å². The molecule has 0 bridgehead atoms. The van der Waals surface area contributed by atoms with Gasteiger partial charge in [-0.05, 0) is 0 Å². The van der Waals surface area contributed by atoms with E-state index in [0.717, 1.165) is 12.3 Å². The van der Waals surface area contributed by atoms with Crippen molar-refractivity contribution in [2.24, 2.45) is 0 Å². The number of hydrogen-bond acceptors (Lipinski definition) is 1. The summed E-state index contributed by atoms with van der Waals surface area (Å²) in [6, 6.07) is 67.1. The van der Waals surface area contributed by atoms with Crippen molar-refractivity contribution < 1.29 is 0 Å². The van der Waals surface area contributed by atoms with Crippen LogP contribution < -0.4 is 26.1 Å². The molecule has 6 rings (SSSR count). The number of rotatable bonds is 10. The van der Waals surface area contributed by atoms with E-state index in [2.05, 4.69) is 182 Å². The molecule has 1 N–H and O–H groups in total. The average Bonchev–Trinajstić information content (AvgIpc) is 3.06. The van der Waals surface area contributed by atoms with Crippen LogP contribution in [0.3, 0.4) is 0 Å². The summed E-state index contributed by atoms with van der Waals surface area (Å²) in [5, 5.41) is 5.64. The fraction of sp³-hybridized carbons (Fsp3) is 0.0526. The Morgan fingerprint density at radius 1 is 0.310 bits per heavy atom. The molecule has 0 aliphatic rings. The van der Waals surface area contributed by atoms with Crippen LogP contribution >= 0.6 is 27.2 Å². The summed E-state index contributed by atoms with van der Waals surface area (Å²) in [5.41, 5.74) is 2.73. The predicted molar refractivity (Wildman–Crippen MR) is 192 cm³/mol. The van der Waals surface area contributed by atoms with Gasteiger partial charge in [-0.2, -0.15) is 0 Å². The summed E-state index contributed by atoms with van der Waals surface area (Å²) >= 11 is 0. The van der Waals surface area contributed by atoms with E-state index < -0.39 is 14.8 Å². The fourth-order valence-corrected chi connectivity index (χ4v) is 18.3. The third-order valence-corrected chi connectivity index (χ3v) is 18.7. The molecule has 0 fully saturated rings. The molecule has 0 radical (unpaired) electrons. The van der Waals surface area contributed by atoms with E-state index in [1.54, 1.807) is 0 Å². The first-order valence-electron chi connectivity index (χ1n) is 14.4. The topological polar surface area (TPSA) is 12.0 Å². The van der Waals surface area contributed by atoms with Crippen LogP contribution in [-0.2, 0) is 12.3 Å². The minimum atomic E-state index is -2.63. The first-order valence-corrected chi connectivity index (χ1v) is 18.8. The Morgan fingerprint density at radius 3 is 0.762 bits per heavy atom. The number of halogens is 1. The molecular formula is C38H38ClNP2. The van der Waals surface area contributed by atoms with E-state index in [-0.39, 0.29) is 12.4 Å². The zero-order chi connectivity index (χ0) is 27.8. The van der Waals surface area contributed by atoms with Gasteiger partial charge < -0.3 is 0 Å². The van der Waals surface area contributed by atoms with Gasteiger partial charge in [0.15, 0.2) is 0 Å². The van der Waals surface area contributed by atoms with E-state index >= 15 is 0 Å². The van der Waals surface area contributed by atoms with Crippen LogP contribution in [0.5, 0.6) is 0 Å². The maximum absolute atomic E-state index is 4.72. The van der Waals surface area contributed by atoms with Crippen molar-refractivity contribution >= 4 is 48.5 Å². The Kier molecular flexibility index (Phi) is 10.0. The molecule has 6 aromatic carbocycles. The summed E-state index contributed by atoms with van der Waals surface area (Å²) in [7, 11) is -5.26. The van der Waals surface area contributed by atoms with Gasteiger partial charge in [-0.3, -0.25) is 0 Å². The van der Waals surface area contributed by atoms with E-state index in [0.29, 0.717) is 0 Å². The Labute approximate surface area is 257 Å². The monoisotopic (exact) mass is 605 g/mol. The molecule has 0 unspecified atom stereocenters. The van der Waals surface area contributed by atoms with Crippen LogP contribution in [0.4, 0.5) is 0 Å². The summed E-state index contributed by atoms with van der Waals surface area (Å²) in [6.45, 7) is 0. The molecule has 6 aromatic rings. The van der Waals surface area contributed by atoms with Crippen LogP contribution in [0.1, 0.15) is 11.1 Å². The molecule has 0 aliphatic heterocycles. The van der Waals surface area contributed by atoms with Gasteiger partial charge in [-0.15, -0.1) is 12.4 Å². The molecule has 0 saturated carbocycles. The molecule has 0 aliphatic carbocycles. The van der Waals surface area contributed by atoms with Crippen LogP contribution in [0.15, 0.2) is 182 Å². The molecule has 0 spiro atoms. The van der Waals surface area contributed by atoms with Crippen molar-refractivity contribution in [3.63, 3.8) is 0 Å². The summed E-state index contributed by atoms with van der Waals surface area (Å²) in [6.07, 6.45) is 1.93. The van der Waals surface area contributed by atoms with Crippen LogP contribution in [-0.4, -0.2) is 0 Å². The standard InChI is InChI=1S/C38H37NP2.ClH/c1-7-19-33(20-8-1)31-40(35-23-11-3-12-24-35,36-25-13-4-14-26-36)39-41(37-27-15-5-16-28-37,38-29-17-6-18-30-38)32-34-21-9-2-10-22-34;/h1-30,39-41H,31-32H2;1H. The van der Waals surface area contributed by atoms with Crippen molar-refractivity contribution in [1.82, 2.24) is 4.86 Å². The number of nitrogens with one attached hydrogen (secondary N) is 1. The zero-order valence-electron chi connectivity index (χ0n) is 23.6. The fourth-order valence-electron chi connectivity index (χ4n) is 6.18. The molecule has 1 nitrogen and oxygen atoms in total. The Balaban J connectivity index is 0.00000353. The van der Waals surface area contributed by atoms with Gasteiger partial charge in [-0.25, -0.2) is 0 Å². The predicted octanol–water partition coefficient (Wildman–Crippen LogP) is 8.03. The van der Waals surface area contributed by atoms with Gasteiger partial charge in [0.1, 0.15) is 0 Å². The van der Waals surface area contributed by atoms with E-state index in [1.165, 1.54) is 32.3 Å². The van der Waals surface area contributed by atoms with Gasteiger partial charge in [0.25, 0.3) is 0 Å². The van der Waals surface area contributed by atoms with Crippen LogP contribution in [0, 0.1) is 0 Å². The van der Waals surface area contributed by atoms with E-state index in [9.17, 15) is 0 Å². The molecule has 0 amide bonds. The summed E-state index contributed by atoms with van der Waals surface area (Å²) in [4.78, 5) is 4.72. The summed E-state index contributed by atoms with van der Waals surface area (Å²) in [5.74, 6) is 0. The van der Waals surface area contributed by atoms with Gasteiger partial charge in [0.05, 0.1) is 0 Å². The van der Waals surface area contributed by atoms with Crippen molar-refractivity contribution in [3.05, 3.63) is 193 Å². The van der Waals surface area contributed by atoms with Crippen molar-refractivity contribution in [3.8, 4) is 0 Å². The molecule has 0 atom stereocenters. The first-order chi connectivity index (χ1) is 20.3. The van der Waals surface area contributed by atoms with E-state index in [1.807, 2.05) is 0 Å². The molecule has 42 heavy (non-hydrogen) atoms. The van der Waals surface area contributed by atoms with Crippen molar-refractivity contribution in [2.75, 3.05) is 0 Å². The molecule has 0 aromatic heterocycles. The maximum atomic E-state index is 4.72.